The van der Waals surface area contributed by atoms with Gasteiger partial charge in [-0.3, -0.25) is 14.2 Å². The number of nitrogens with zero attached hydrogens (tertiary/aromatic N) is 2. The molecule has 0 N–H and O–H groups in total. The predicted octanol–water partition coefficient (Wildman–Crippen LogP) is 4.71. The minimum absolute atomic E-state index is 0.157. The standard InChI is InChI=1S/C27H23BrI2N2O7S/c1-6-38-26(35)22-12(2)31-27-32(23(22)16-10-19(36-4)20(37-5)11-17(16)28)25(34)21(40-27)8-14-7-15(29)9-18(30)24(14)39-13(3)33/h7-11,23H,6H2,1-5H3/b21-8-/t23-/m0/s1. The predicted molar refractivity (Wildman–Crippen MR) is 171 cm³/mol. The average molecular weight is 853 g/mol. The zero-order valence-electron chi connectivity index (χ0n) is 22.0. The Hall–Kier alpha value is -2.24. The summed E-state index contributed by atoms with van der Waals surface area (Å²) >= 11 is 9.03. The number of hydrogen-bond acceptors (Lipinski definition) is 9. The lowest BCUT2D eigenvalue weighted by Crippen LogP contribution is -2.40. The molecule has 0 unspecified atom stereocenters. The Balaban J connectivity index is 2.04. The van der Waals surface area contributed by atoms with Gasteiger partial charge in [-0.25, -0.2) is 9.79 Å². The molecule has 2 aromatic carbocycles. The summed E-state index contributed by atoms with van der Waals surface area (Å²) in [5, 5.41) is 0. The maximum absolute atomic E-state index is 14.1. The Labute approximate surface area is 269 Å². The Morgan fingerprint density at radius 1 is 1.15 bits per heavy atom. The minimum Gasteiger partial charge on any atom is -0.493 e. The first kappa shape index (κ1) is 30.7. The Morgan fingerprint density at radius 3 is 2.45 bits per heavy atom. The van der Waals surface area contributed by atoms with Crippen LogP contribution in [0.1, 0.15) is 37.9 Å². The monoisotopic (exact) mass is 852 g/mol. The van der Waals surface area contributed by atoms with Crippen molar-refractivity contribution in [1.82, 2.24) is 4.57 Å². The van der Waals surface area contributed by atoms with Gasteiger partial charge in [0.1, 0.15) is 0 Å². The molecule has 210 valence electrons. The van der Waals surface area contributed by atoms with E-state index >= 15 is 0 Å². The third-order valence-corrected chi connectivity index (χ3v) is 8.98. The van der Waals surface area contributed by atoms with E-state index < -0.39 is 18.0 Å². The maximum atomic E-state index is 14.1. The molecule has 0 amide bonds. The van der Waals surface area contributed by atoms with Gasteiger partial charge in [-0.2, -0.15) is 0 Å². The molecule has 1 aliphatic rings. The van der Waals surface area contributed by atoms with Crippen LogP contribution in [0.15, 0.2) is 49.8 Å². The summed E-state index contributed by atoms with van der Waals surface area (Å²) in [6.45, 7) is 4.91. The van der Waals surface area contributed by atoms with Crippen molar-refractivity contribution < 1.29 is 28.5 Å². The van der Waals surface area contributed by atoms with Crippen molar-refractivity contribution in [2.24, 2.45) is 4.99 Å². The third kappa shape index (κ3) is 6.01. The fourth-order valence-corrected chi connectivity index (χ4v) is 7.82. The van der Waals surface area contributed by atoms with E-state index in [0.29, 0.717) is 47.9 Å². The van der Waals surface area contributed by atoms with Gasteiger partial charge in [0.15, 0.2) is 22.0 Å². The van der Waals surface area contributed by atoms with Gasteiger partial charge in [0.2, 0.25) is 0 Å². The average Bonchev–Trinajstić information content (AvgIpc) is 3.19. The highest BCUT2D eigenvalue weighted by atomic mass is 127. The van der Waals surface area contributed by atoms with Crippen molar-refractivity contribution in [3.8, 4) is 17.2 Å². The molecule has 0 bridgehead atoms. The number of esters is 2. The number of carbonyl (C=O) groups excluding carboxylic acids is 2. The van der Waals surface area contributed by atoms with Crippen molar-refractivity contribution in [3.05, 3.63) is 78.0 Å². The van der Waals surface area contributed by atoms with Gasteiger partial charge in [0.05, 0.1) is 46.2 Å². The fourth-order valence-electron chi connectivity index (χ4n) is 4.25. The van der Waals surface area contributed by atoms with Crippen LogP contribution < -0.4 is 29.1 Å². The van der Waals surface area contributed by atoms with E-state index in [1.54, 1.807) is 32.1 Å². The highest BCUT2D eigenvalue weighted by Gasteiger charge is 2.35. The number of aromatic nitrogens is 1. The van der Waals surface area contributed by atoms with Gasteiger partial charge in [-0.05, 0) is 94.9 Å². The molecule has 0 fully saturated rings. The van der Waals surface area contributed by atoms with Crippen LogP contribution in [-0.2, 0) is 14.3 Å². The lowest BCUT2D eigenvalue weighted by atomic mass is 9.95. The van der Waals surface area contributed by atoms with Gasteiger partial charge >= 0.3 is 11.9 Å². The summed E-state index contributed by atoms with van der Waals surface area (Å²) in [5.74, 6) is 0.231. The van der Waals surface area contributed by atoms with E-state index in [2.05, 4.69) is 66.1 Å². The number of hydrogen-bond donors (Lipinski definition) is 0. The molecule has 1 aliphatic heterocycles. The molecule has 3 aromatic rings. The van der Waals surface area contributed by atoms with Crippen LogP contribution >= 0.6 is 72.4 Å². The van der Waals surface area contributed by atoms with Gasteiger partial charge in [0.25, 0.3) is 5.56 Å². The summed E-state index contributed by atoms with van der Waals surface area (Å²) in [7, 11) is 3.04. The van der Waals surface area contributed by atoms with Gasteiger partial charge in [0, 0.05) is 20.5 Å². The second-order valence-corrected chi connectivity index (χ2v) is 12.7. The smallest absolute Gasteiger partial charge is 0.338 e. The van der Waals surface area contributed by atoms with Crippen molar-refractivity contribution in [2.45, 2.75) is 26.8 Å². The van der Waals surface area contributed by atoms with Crippen LogP contribution in [0.3, 0.4) is 0 Å². The van der Waals surface area contributed by atoms with Crippen molar-refractivity contribution in [1.29, 1.82) is 0 Å². The Bertz CT molecular complexity index is 1750. The molecule has 2 heterocycles. The van der Waals surface area contributed by atoms with Gasteiger partial charge in [-0.15, -0.1) is 0 Å². The van der Waals surface area contributed by atoms with Crippen LogP contribution in [-0.4, -0.2) is 37.3 Å². The molecule has 4 rings (SSSR count). The number of allylic oxidation sites excluding steroid dienone is 1. The summed E-state index contributed by atoms with van der Waals surface area (Å²) in [6.07, 6.45) is 1.68. The molecule has 0 aliphatic carbocycles. The van der Waals surface area contributed by atoms with Gasteiger partial charge in [-0.1, -0.05) is 27.3 Å². The zero-order chi connectivity index (χ0) is 29.3. The zero-order valence-corrected chi connectivity index (χ0v) is 28.7. The largest absolute Gasteiger partial charge is 0.493 e. The topological polar surface area (TPSA) is 105 Å². The number of ether oxygens (including phenoxy) is 4. The van der Waals surface area contributed by atoms with Crippen LogP contribution in [0.2, 0.25) is 0 Å². The summed E-state index contributed by atoms with van der Waals surface area (Å²) in [4.78, 5) is 44.1. The van der Waals surface area contributed by atoms with Crippen molar-refractivity contribution in [2.75, 3.05) is 20.8 Å². The Kier molecular flexibility index (Phi) is 9.78. The normalized spacial score (nSPS) is 14.9. The fraction of sp³-hybridized carbons (Fsp3) is 0.259. The Morgan fingerprint density at radius 2 is 1.82 bits per heavy atom. The lowest BCUT2D eigenvalue weighted by molar-refractivity contribution is -0.139. The molecule has 0 radical (unpaired) electrons. The van der Waals surface area contributed by atoms with Crippen LogP contribution in [0.4, 0.5) is 0 Å². The third-order valence-electron chi connectivity index (χ3n) is 5.88. The van der Waals surface area contributed by atoms with E-state index in [4.69, 9.17) is 18.9 Å². The van der Waals surface area contributed by atoms with E-state index in [1.807, 2.05) is 12.1 Å². The van der Waals surface area contributed by atoms with E-state index in [0.717, 1.165) is 7.14 Å². The highest BCUT2D eigenvalue weighted by molar-refractivity contribution is 14.1. The highest BCUT2D eigenvalue weighted by Crippen LogP contribution is 2.41. The minimum atomic E-state index is -0.865. The van der Waals surface area contributed by atoms with Crippen LogP contribution in [0, 0.1) is 7.14 Å². The van der Waals surface area contributed by atoms with Crippen molar-refractivity contribution >= 4 is 90.5 Å². The lowest BCUT2D eigenvalue weighted by Gasteiger charge is -2.26. The first-order valence-corrected chi connectivity index (χ1v) is 15.6. The number of carbonyl (C=O) groups is 2. The molecule has 1 aromatic heterocycles. The summed E-state index contributed by atoms with van der Waals surface area (Å²) < 4.78 is 25.9. The molecule has 0 saturated heterocycles. The molecule has 0 spiro atoms. The van der Waals surface area contributed by atoms with E-state index in [9.17, 15) is 14.4 Å². The SMILES string of the molecule is CCOC(=O)C1=C(C)N=c2s/c(=C\c3cc(I)cc(I)c3OC(C)=O)c(=O)n2[C@H]1c1cc(OC)c(OC)cc1Br. The van der Waals surface area contributed by atoms with Crippen molar-refractivity contribution in [3.63, 3.8) is 0 Å². The number of thiazole rings is 1. The first-order valence-electron chi connectivity index (χ1n) is 11.8. The molecule has 9 nitrogen and oxygen atoms in total. The van der Waals surface area contributed by atoms with E-state index in [1.165, 1.54) is 37.0 Å². The maximum Gasteiger partial charge on any atom is 0.338 e. The number of halogens is 3. The second kappa shape index (κ2) is 12.7. The molecular weight excluding hydrogens is 830 g/mol. The number of benzene rings is 2. The molecule has 40 heavy (non-hydrogen) atoms. The number of fused-ring (bicyclic) bond motifs is 1. The summed E-state index contributed by atoms with van der Waals surface area (Å²) in [6, 6.07) is 6.29. The summed E-state index contributed by atoms with van der Waals surface area (Å²) in [5.41, 5.74) is 1.46. The van der Waals surface area contributed by atoms with Crippen LogP contribution in [0.25, 0.3) is 6.08 Å². The quantitative estimate of drug-likeness (QED) is 0.193. The van der Waals surface area contributed by atoms with Gasteiger partial charge < -0.3 is 18.9 Å². The number of rotatable bonds is 7. The van der Waals surface area contributed by atoms with Crippen LogP contribution in [0.5, 0.6) is 17.2 Å². The first-order chi connectivity index (χ1) is 19.0. The van der Waals surface area contributed by atoms with E-state index in [-0.39, 0.29) is 17.7 Å². The molecule has 0 saturated carbocycles. The molecule has 13 heteroatoms. The number of methoxy groups -OCH3 is 2. The second-order valence-electron chi connectivity index (χ2n) is 8.43. The molecular formula is C27H23BrI2N2O7S. The molecule has 1 atom stereocenters.